The molecule has 2 aliphatic rings. The Balaban J connectivity index is 0.000000143. The molecule has 15 nitrogen and oxygen atoms in total. The molecule has 2 fully saturated rings. The van der Waals surface area contributed by atoms with Crippen molar-refractivity contribution in [3.8, 4) is 45.0 Å². The van der Waals surface area contributed by atoms with E-state index in [1.54, 1.807) is 23.3 Å². The second-order valence-corrected chi connectivity index (χ2v) is 16.7. The Morgan fingerprint density at radius 1 is 0.469 bits per heavy atom. The molecule has 2 aliphatic heterocycles. The number of piperazine rings is 2. The van der Waals surface area contributed by atoms with Crippen molar-refractivity contribution in [1.29, 1.82) is 0 Å². The lowest BCUT2D eigenvalue weighted by atomic mass is 10.1. The van der Waals surface area contributed by atoms with Crippen molar-refractivity contribution in [1.82, 2.24) is 64.4 Å². The monoisotopic (exact) mass is 845 g/mol. The standard InChI is InChI=1S/C25H23N7.C24H24N8/c1-31-9-11-32(12-10-31)20-6-4-17(5-7-20)19-13-21-23-22(29-25(21)27-15-19)16-28-24(30-23)18-3-2-8-26-14-18;1-30-7-9-32(10-8-30)19-5-3-16(4-6-19)17-11-20-22-21(28-24(20)25-12-17)14-26-23(29-22)18-13-27-31(2)15-18/h2-8,13-16H,9-12H2,1H3,(H,27,29);3-6,11-15H,7-10H2,1-2H3,(H,25,28). The van der Waals surface area contributed by atoms with Crippen LogP contribution in [0, 0.1) is 0 Å². The van der Waals surface area contributed by atoms with E-state index < -0.39 is 0 Å². The Hall–Kier alpha value is -7.62. The van der Waals surface area contributed by atoms with Gasteiger partial charge in [0.1, 0.15) is 22.3 Å². The largest absolute Gasteiger partial charge is 0.369 e. The number of benzene rings is 2. The Morgan fingerprint density at radius 3 is 1.42 bits per heavy atom. The van der Waals surface area contributed by atoms with Gasteiger partial charge in [0.2, 0.25) is 0 Å². The molecule has 0 atom stereocenters. The Labute approximate surface area is 369 Å². The highest BCUT2D eigenvalue weighted by atomic mass is 15.3. The van der Waals surface area contributed by atoms with Gasteiger partial charge in [-0.3, -0.25) is 9.67 Å². The lowest BCUT2D eigenvalue weighted by molar-refractivity contribution is 0.313. The minimum atomic E-state index is 0.661. The van der Waals surface area contributed by atoms with Crippen LogP contribution in [-0.4, -0.2) is 131 Å². The van der Waals surface area contributed by atoms with Gasteiger partial charge in [0, 0.05) is 129 Å². The normalized spacial score (nSPS) is 15.0. The van der Waals surface area contributed by atoms with E-state index in [4.69, 9.17) is 9.97 Å². The Bertz CT molecular complexity index is 3230. The summed E-state index contributed by atoms with van der Waals surface area (Å²) in [5.41, 5.74) is 13.9. The fourth-order valence-electron chi connectivity index (χ4n) is 8.59. The highest BCUT2D eigenvalue weighted by Crippen LogP contribution is 2.32. The molecule has 12 rings (SSSR count). The highest BCUT2D eigenvalue weighted by Gasteiger charge is 2.18. The zero-order valence-electron chi connectivity index (χ0n) is 36.0. The number of aromatic nitrogens is 11. The number of aromatic amines is 2. The van der Waals surface area contributed by atoms with E-state index in [0.29, 0.717) is 11.6 Å². The topological polar surface area (TPSA) is 153 Å². The van der Waals surface area contributed by atoms with Crippen LogP contribution >= 0.6 is 0 Å². The summed E-state index contributed by atoms with van der Waals surface area (Å²) in [5, 5.41) is 6.22. The van der Waals surface area contributed by atoms with E-state index in [0.717, 1.165) is 130 Å². The van der Waals surface area contributed by atoms with E-state index in [1.165, 1.54) is 11.4 Å². The summed E-state index contributed by atoms with van der Waals surface area (Å²) in [6.45, 7) is 8.68. The maximum Gasteiger partial charge on any atom is 0.163 e. The van der Waals surface area contributed by atoms with Gasteiger partial charge in [0.15, 0.2) is 11.6 Å². The number of H-pyrrole nitrogens is 2. The molecule has 0 saturated carbocycles. The van der Waals surface area contributed by atoms with Gasteiger partial charge in [-0.15, -0.1) is 0 Å². The minimum Gasteiger partial charge on any atom is -0.369 e. The van der Waals surface area contributed by atoms with Crippen molar-refractivity contribution in [2.75, 3.05) is 76.3 Å². The van der Waals surface area contributed by atoms with Crippen molar-refractivity contribution in [3.63, 3.8) is 0 Å². The van der Waals surface area contributed by atoms with Gasteiger partial charge in [-0.2, -0.15) is 5.10 Å². The number of hydrogen-bond donors (Lipinski definition) is 2. The molecule has 0 aliphatic carbocycles. The van der Waals surface area contributed by atoms with Crippen LogP contribution in [0.4, 0.5) is 11.4 Å². The van der Waals surface area contributed by atoms with Crippen molar-refractivity contribution in [2.24, 2.45) is 7.05 Å². The van der Waals surface area contributed by atoms with Gasteiger partial charge in [0.25, 0.3) is 0 Å². The van der Waals surface area contributed by atoms with Crippen molar-refractivity contribution >= 4 is 55.5 Å². The number of pyridine rings is 3. The van der Waals surface area contributed by atoms with E-state index in [9.17, 15) is 0 Å². The predicted molar refractivity (Wildman–Crippen MR) is 254 cm³/mol. The number of fused-ring (bicyclic) bond motifs is 6. The lowest BCUT2D eigenvalue weighted by Gasteiger charge is -2.34. The number of hydrogen-bond acceptors (Lipinski definition) is 12. The van der Waals surface area contributed by atoms with Crippen LogP contribution in [0.3, 0.4) is 0 Å². The molecule has 64 heavy (non-hydrogen) atoms. The van der Waals surface area contributed by atoms with E-state index in [1.807, 2.05) is 50.2 Å². The van der Waals surface area contributed by atoms with Gasteiger partial charge < -0.3 is 29.6 Å². The number of nitrogens with one attached hydrogen (secondary N) is 2. The molecule has 2 aromatic carbocycles. The van der Waals surface area contributed by atoms with Crippen molar-refractivity contribution < 1.29 is 0 Å². The first-order chi connectivity index (χ1) is 31.4. The van der Waals surface area contributed by atoms with Crippen LogP contribution in [0.15, 0.2) is 122 Å². The van der Waals surface area contributed by atoms with Crippen LogP contribution in [0.2, 0.25) is 0 Å². The number of likely N-dealkylation sites (N-methyl/N-ethyl adjacent to an activating group) is 2. The first kappa shape index (κ1) is 39.2. The fourth-order valence-corrected chi connectivity index (χ4v) is 8.59. The van der Waals surface area contributed by atoms with E-state index in [-0.39, 0.29) is 0 Å². The van der Waals surface area contributed by atoms with Crippen molar-refractivity contribution in [3.05, 3.63) is 122 Å². The maximum atomic E-state index is 4.82. The molecule has 2 saturated heterocycles. The Morgan fingerprint density at radius 2 is 0.969 bits per heavy atom. The zero-order valence-corrected chi connectivity index (χ0v) is 36.0. The molecule has 10 heterocycles. The summed E-state index contributed by atoms with van der Waals surface area (Å²) in [4.78, 5) is 48.4. The second-order valence-electron chi connectivity index (χ2n) is 16.7. The average Bonchev–Trinajstić information content (AvgIpc) is 4.06. The van der Waals surface area contributed by atoms with Gasteiger partial charge in [-0.1, -0.05) is 24.3 Å². The molecule has 0 spiro atoms. The molecule has 0 unspecified atom stereocenters. The number of rotatable bonds is 6. The van der Waals surface area contributed by atoms with E-state index in [2.05, 4.69) is 134 Å². The van der Waals surface area contributed by atoms with Crippen LogP contribution in [-0.2, 0) is 7.05 Å². The first-order valence-corrected chi connectivity index (χ1v) is 21.6. The van der Waals surface area contributed by atoms with Gasteiger partial charge in [-0.05, 0) is 73.8 Å². The summed E-state index contributed by atoms with van der Waals surface area (Å²) in [5.74, 6) is 1.32. The molecule has 15 heteroatoms. The summed E-state index contributed by atoms with van der Waals surface area (Å²) >= 11 is 0. The predicted octanol–water partition coefficient (Wildman–Crippen LogP) is 7.31. The van der Waals surface area contributed by atoms with Crippen molar-refractivity contribution in [2.45, 2.75) is 0 Å². The third-order valence-corrected chi connectivity index (χ3v) is 12.4. The van der Waals surface area contributed by atoms with Gasteiger partial charge in [-0.25, -0.2) is 29.9 Å². The average molecular weight is 846 g/mol. The van der Waals surface area contributed by atoms with Crippen LogP contribution in [0.5, 0.6) is 0 Å². The molecular weight excluding hydrogens is 799 g/mol. The molecule has 2 N–H and O–H groups in total. The quantitative estimate of drug-likeness (QED) is 0.173. The van der Waals surface area contributed by atoms with Gasteiger partial charge in [0.05, 0.1) is 35.2 Å². The SMILES string of the molecule is CN1CCN(c2ccc(-c3cnc4[nH]c5cnc(-c6cccnc6)nc5c4c3)cc2)CC1.CN1CCN(c2ccc(-c3cnc4[nH]c5cnc(-c6cnn(C)c6)nc5c4c3)cc2)CC1. The first-order valence-electron chi connectivity index (χ1n) is 21.6. The van der Waals surface area contributed by atoms with Crippen LogP contribution < -0.4 is 9.80 Å². The van der Waals surface area contributed by atoms with Crippen LogP contribution in [0.1, 0.15) is 0 Å². The fraction of sp³-hybridized carbons (Fsp3) is 0.224. The maximum absolute atomic E-state index is 4.82. The Kier molecular flexibility index (Phi) is 10.2. The smallest absolute Gasteiger partial charge is 0.163 e. The molecule has 8 aromatic heterocycles. The summed E-state index contributed by atoms with van der Waals surface area (Å²) in [6, 6.07) is 25.7. The summed E-state index contributed by atoms with van der Waals surface area (Å²) < 4.78 is 1.75. The third kappa shape index (κ3) is 7.75. The summed E-state index contributed by atoms with van der Waals surface area (Å²) in [7, 11) is 6.25. The third-order valence-electron chi connectivity index (χ3n) is 12.4. The van der Waals surface area contributed by atoms with E-state index >= 15 is 0 Å². The lowest BCUT2D eigenvalue weighted by Crippen LogP contribution is -2.44. The summed E-state index contributed by atoms with van der Waals surface area (Å²) in [6.07, 6.45) is 14.7. The molecule has 0 amide bonds. The number of aryl methyl sites for hydroxylation is 1. The molecule has 10 aromatic rings. The number of anilines is 2. The van der Waals surface area contributed by atoms with Gasteiger partial charge >= 0.3 is 0 Å². The molecule has 0 bridgehead atoms. The van der Waals surface area contributed by atoms with Crippen LogP contribution in [0.25, 0.3) is 89.2 Å². The zero-order chi connectivity index (χ0) is 43.1. The molecule has 0 radical (unpaired) electrons. The minimum absolute atomic E-state index is 0.661. The molecular formula is C49H47N15. The highest BCUT2D eigenvalue weighted by molar-refractivity contribution is 6.05. The second kappa shape index (κ2) is 16.6. The number of nitrogens with zero attached hydrogens (tertiary/aromatic N) is 13. The molecule has 318 valence electrons.